The molecule has 8 nitrogen and oxygen atoms in total. The summed E-state index contributed by atoms with van der Waals surface area (Å²) in [5.41, 5.74) is 6.81. The Morgan fingerprint density at radius 3 is 2.62 bits per heavy atom. The highest BCUT2D eigenvalue weighted by atomic mass is 16.5. The molecule has 1 saturated carbocycles. The van der Waals surface area contributed by atoms with Gasteiger partial charge in [0.05, 0.1) is 7.11 Å². The van der Waals surface area contributed by atoms with Gasteiger partial charge in [0.2, 0.25) is 11.9 Å². The van der Waals surface area contributed by atoms with Crippen molar-refractivity contribution < 1.29 is 9.53 Å². The fraction of sp³-hybridized carbons (Fsp3) is 0.500. The zero-order valence-corrected chi connectivity index (χ0v) is 13.7. The average molecular weight is 330 g/mol. The van der Waals surface area contributed by atoms with Crippen LogP contribution in [0.5, 0.6) is 5.75 Å². The van der Waals surface area contributed by atoms with E-state index >= 15 is 0 Å². The van der Waals surface area contributed by atoms with Crippen molar-refractivity contribution in [2.75, 3.05) is 19.4 Å². The molecule has 0 saturated heterocycles. The molecule has 0 unspecified atom stereocenters. The fourth-order valence-electron chi connectivity index (χ4n) is 3.35. The topological polar surface area (TPSA) is 108 Å². The number of nitrogens with one attached hydrogen (secondary N) is 1. The van der Waals surface area contributed by atoms with Crippen molar-refractivity contribution in [3.63, 3.8) is 0 Å². The highest BCUT2D eigenvalue weighted by Crippen LogP contribution is 2.41. The van der Waals surface area contributed by atoms with Crippen LogP contribution in [0.15, 0.2) is 24.3 Å². The molecule has 1 fully saturated rings. The van der Waals surface area contributed by atoms with E-state index in [0.29, 0.717) is 6.54 Å². The predicted octanol–water partition coefficient (Wildman–Crippen LogP) is 0.892. The summed E-state index contributed by atoms with van der Waals surface area (Å²) in [6, 6.07) is 8.13. The Balaban J connectivity index is 1.67. The SMILES string of the molecule is COc1ccc(C2(CNC(=O)Cn3nnnc3N)CCCC2)cc1. The minimum absolute atomic E-state index is 0.0197. The number of nitrogens with two attached hydrogens (primary N) is 1. The van der Waals surface area contributed by atoms with Gasteiger partial charge in [0.1, 0.15) is 12.3 Å². The lowest BCUT2D eigenvalue weighted by molar-refractivity contribution is -0.122. The first-order valence-corrected chi connectivity index (χ1v) is 8.06. The number of aromatic nitrogens is 4. The molecule has 0 bridgehead atoms. The second-order valence-electron chi connectivity index (χ2n) is 6.19. The first-order chi connectivity index (χ1) is 11.6. The maximum atomic E-state index is 12.2. The molecule has 0 spiro atoms. The number of tetrazole rings is 1. The molecule has 0 aliphatic heterocycles. The lowest BCUT2D eigenvalue weighted by atomic mass is 9.78. The normalized spacial score (nSPS) is 16.0. The standard InChI is InChI=1S/C16H22N6O2/c1-24-13-6-4-12(5-7-13)16(8-2-3-9-16)11-18-14(23)10-22-15(17)19-20-21-22/h4-7H,2-3,8-11H2,1H3,(H,18,23)(H2,17,19,21). The summed E-state index contributed by atoms with van der Waals surface area (Å²) in [6.07, 6.45) is 4.46. The highest BCUT2D eigenvalue weighted by Gasteiger charge is 2.35. The third-order valence-corrected chi connectivity index (χ3v) is 4.74. The molecular weight excluding hydrogens is 308 g/mol. The van der Waals surface area contributed by atoms with Crippen molar-refractivity contribution in [3.05, 3.63) is 29.8 Å². The van der Waals surface area contributed by atoms with Gasteiger partial charge in [-0.05, 0) is 41.0 Å². The quantitative estimate of drug-likeness (QED) is 0.814. The number of carbonyl (C=O) groups is 1. The van der Waals surface area contributed by atoms with Crippen LogP contribution in [-0.2, 0) is 16.8 Å². The monoisotopic (exact) mass is 330 g/mol. The van der Waals surface area contributed by atoms with Gasteiger partial charge in [-0.3, -0.25) is 4.79 Å². The Morgan fingerprint density at radius 1 is 1.33 bits per heavy atom. The summed E-state index contributed by atoms with van der Waals surface area (Å²) in [6.45, 7) is 0.623. The zero-order valence-electron chi connectivity index (χ0n) is 13.7. The molecule has 8 heteroatoms. The number of nitrogens with zero attached hydrogens (tertiary/aromatic N) is 4. The third-order valence-electron chi connectivity index (χ3n) is 4.74. The van der Waals surface area contributed by atoms with Crippen molar-refractivity contribution in [3.8, 4) is 5.75 Å². The molecule has 1 amide bonds. The lowest BCUT2D eigenvalue weighted by Crippen LogP contribution is -2.40. The second-order valence-corrected chi connectivity index (χ2v) is 6.19. The van der Waals surface area contributed by atoms with E-state index in [-0.39, 0.29) is 23.8 Å². The molecule has 3 rings (SSSR count). The van der Waals surface area contributed by atoms with Crippen molar-refractivity contribution in [2.24, 2.45) is 0 Å². The van der Waals surface area contributed by atoms with Gasteiger partial charge in [-0.2, -0.15) is 0 Å². The number of carbonyl (C=O) groups excluding carboxylic acids is 1. The van der Waals surface area contributed by atoms with E-state index in [1.54, 1.807) is 7.11 Å². The molecule has 0 atom stereocenters. The molecule has 1 aliphatic carbocycles. The van der Waals surface area contributed by atoms with Crippen molar-refractivity contribution in [2.45, 2.75) is 37.6 Å². The Kier molecular flexibility index (Phi) is 4.64. The fourth-order valence-corrected chi connectivity index (χ4v) is 3.35. The summed E-state index contributed by atoms with van der Waals surface area (Å²) in [5, 5.41) is 13.7. The number of methoxy groups -OCH3 is 1. The van der Waals surface area contributed by atoms with E-state index in [1.165, 1.54) is 23.1 Å². The first-order valence-electron chi connectivity index (χ1n) is 8.06. The van der Waals surface area contributed by atoms with Crippen molar-refractivity contribution >= 4 is 11.9 Å². The molecule has 0 radical (unpaired) electrons. The van der Waals surface area contributed by atoms with Gasteiger partial charge in [-0.25, -0.2) is 4.68 Å². The van der Waals surface area contributed by atoms with Gasteiger partial charge >= 0.3 is 0 Å². The van der Waals surface area contributed by atoms with Crippen LogP contribution in [0.4, 0.5) is 5.95 Å². The number of rotatable bonds is 6. The Bertz CT molecular complexity index is 691. The Morgan fingerprint density at radius 2 is 2.04 bits per heavy atom. The Labute approximate surface area is 140 Å². The van der Waals surface area contributed by atoms with E-state index in [4.69, 9.17) is 10.5 Å². The number of hydrogen-bond donors (Lipinski definition) is 2. The maximum Gasteiger partial charge on any atom is 0.241 e. The molecular formula is C16H22N6O2. The van der Waals surface area contributed by atoms with Crippen LogP contribution in [0.3, 0.4) is 0 Å². The number of ether oxygens (including phenoxy) is 1. The van der Waals surface area contributed by atoms with E-state index in [1.807, 2.05) is 12.1 Å². The molecule has 1 aromatic carbocycles. The van der Waals surface area contributed by atoms with E-state index in [2.05, 4.69) is 33.0 Å². The van der Waals surface area contributed by atoms with Gasteiger partial charge in [0, 0.05) is 12.0 Å². The first kappa shape index (κ1) is 16.2. The number of amides is 1. The van der Waals surface area contributed by atoms with Gasteiger partial charge < -0.3 is 15.8 Å². The van der Waals surface area contributed by atoms with Crippen LogP contribution in [-0.4, -0.2) is 39.8 Å². The molecule has 128 valence electrons. The summed E-state index contributed by atoms with van der Waals surface area (Å²) >= 11 is 0. The number of hydrogen-bond acceptors (Lipinski definition) is 6. The zero-order chi connectivity index (χ0) is 17.0. The maximum absolute atomic E-state index is 12.2. The Hall–Kier alpha value is -2.64. The van der Waals surface area contributed by atoms with Crippen molar-refractivity contribution in [1.29, 1.82) is 0 Å². The van der Waals surface area contributed by atoms with Crippen LogP contribution in [0, 0.1) is 0 Å². The second kappa shape index (κ2) is 6.86. The van der Waals surface area contributed by atoms with Crippen LogP contribution in [0.25, 0.3) is 0 Å². The van der Waals surface area contributed by atoms with Crippen LogP contribution < -0.4 is 15.8 Å². The smallest absolute Gasteiger partial charge is 0.241 e. The predicted molar refractivity (Wildman–Crippen MR) is 88.4 cm³/mol. The number of benzene rings is 1. The van der Waals surface area contributed by atoms with E-state index in [0.717, 1.165) is 18.6 Å². The lowest BCUT2D eigenvalue weighted by Gasteiger charge is -2.30. The minimum atomic E-state index is -0.145. The summed E-state index contributed by atoms with van der Waals surface area (Å²) in [7, 11) is 1.66. The number of anilines is 1. The van der Waals surface area contributed by atoms with E-state index in [9.17, 15) is 4.79 Å². The van der Waals surface area contributed by atoms with Gasteiger partial charge in [-0.15, -0.1) is 0 Å². The van der Waals surface area contributed by atoms with Gasteiger partial charge in [0.25, 0.3) is 0 Å². The third kappa shape index (κ3) is 3.32. The molecule has 3 N–H and O–H groups in total. The summed E-state index contributed by atoms with van der Waals surface area (Å²) in [5.74, 6) is 0.828. The summed E-state index contributed by atoms with van der Waals surface area (Å²) < 4.78 is 6.51. The average Bonchev–Trinajstić information content (AvgIpc) is 3.24. The highest BCUT2D eigenvalue weighted by molar-refractivity contribution is 5.76. The molecule has 2 aromatic rings. The number of nitrogen functional groups attached to an aromatic ring is 1. The van der Waals surface area contributed by atoms with Gasteiger partial charge in [-0.1, -0.05) is 30.1 Å². The van der Waals surface area contributed by atoms with Crippen molar-refractivity contribution in [1.82, 2.24) is 25.5 Å². The van der Waals surface area contributed by atoms with Crippen LogP contribution in [0.2, 0.25) is 0 Å². The van der Waals surface area contributed by atoms with E-state index < -0.39 is 0 Å². The van der Waals surface area contributed by atoms with Gasteiger partial charge in [0.15, 0.2) is 0 Å². The molecule has 1 heterocycles. The largest absolute Gasteiger partial charge is 0.497 e. The van der Waals surface area contributed by atoms with Crippen LogP contribution >= 0.6 is 0 Å². The van der Waals surface area contributed by atoms with Crippen LogP contribution in [0.1, 0.15) is 31.2 Å². The minimum Gasteiger partial charge on any atom is -0.497 e. The molecule has 24 heavy (non-hydrogen) atoms. The molecule has 1 aromatic heterocycles. The summed E-state index contributed by atoms with van der Waals surface area (Å²) in [4.78, 5) is 12.2. The molecule has 1 aliphatic rings.